The first-order chi connectivity index (χ1) is 14.1. The number of methoxy groups -OCH3 is 2. The van der Waals surface area contributed by atoms with Crippen LogP contribution >= 0.6 is 0 Å². The van der Waals surface area contributed by atoms with Crippen LogP contribution in [0.15, 0.2) is 54.9 Å². The van der Waals surface area contributed by atoms with E-state index in [4.69, 9.17) is 14.2 Å². The largest absolute Gasteiger partial charge is 0.497 e. The molecule has 1 amide bonds. The molecule has 0 aliphatic carbocycles. The average molecular weight is 394 g/mol. The van der Waals surface area contributed by atoms with E-state index in [9.17, 15) is 4.79 Å². The van der Waals surface area contributed by atoms with Crippen molar-refractivity contribution in [2.45, 2.75) is 6.92 Å². The van der Waals surface area contributed by atoms with E-state index >= 15 is 0 Å². The Hall–Kier alpha value is -3.81. The number of benzene rings is 2. The lowest BCUT2D eigenvalue weighted by Crippen LogP contribution is -2.15. The Morgan fingerprint density at radius 1 is 0.966 bits per heavy atom. The van der Waals surface area contributed by atoms with Crippen molar-refractivity contribution in [3.05, 3.63) is 60.6 Å². The number of nitrogens with zero attached hydrogens (tertiary/aromatic N) is 2. The van der Waals surface area contributed by atoms with Gasteiger partial charge in [-0.05, 0) is 31.2 Å². The lowest BCUT2D eigenvalue weighted by atomic mass is 10.2. The van der Waals surface area contributed by atoms with Crippen LogP contribution in [-0.2, 0) is 0 Å². The number of carbonyl (C=O) groups is 1. The topological polar surface area (TPSA) is 94.6 Å². The zero-order valence-electron chi connectivity index (χ0n) is 16.4. The van der Waals surface area contributed by atoms with E-state index in [1.807, 2.05) is 25.1 Å². The minimum Gasteiger partial charge on any atom is -0.497 e. The van der Waals surface area contributed by atoms with Gasteiger partial charge in [-0.25, -0.2) is 9.97 Å². The molecule has 0 spiro atoms. The van der Waals surface area contributed by atoms with Crippen LogP contribution in [0, 0.1) is 0 Å². The minimum absolute atomic E-state index is 0.184. The fraction of sp³-hybridized carbons (Fsp3) is 0.190. The molecule has 0 saturated carbocycles. The summed E-state index contributed by atoms with van der Waals surface area (Å²) < 4.78 is 16.1. The Morgan fingerprint density at radius 2 is 1.79 bits per heavy atom. The van der Waals surface area contributed by atoms with Crippen LogP contribution in [0.1, 0.15) is 17.4 Å². The van der Waals surface area contributed by atoms with E-state index in [1.54, 1.807) is 38.5 Å². The molecule has 150 valence electrons. The summed E-state index contributed by atoms with van der Waals surface area (Å²) in [6.07, 6.45) is 2.88. The Morgan fingerprint density at radius 3 is 2.48 bits per heavy atom. The predicted molar refractivity (Wildman–Crippen MR) is 110 cm³/mol. The molecule has 0 saturated heterocycles. The van der Waals surface area contributed by atoms with Crippen LogP contribution in [0.2, 0.25) is 0 Å². The average Bonchev–Trinajstić information content (AvgIpc) is 2.76. The van der Waals surface area contributed by atoms with Crippen molar-refractivity contribution in [2.24, 2.45) is 0 Å². The standard InChI is InChI=1S/C21H22N4O4/c1-4-29-18-8-6-5-7-15(18)25-21(26)17-12-23-20(13-22-17)24-16-10-9-14(27-2)11-19(16)28-3/h5-13H,4H2,1-3H3,(H,23,24)(H,25,26). The Bertz CT molecular complexity index is 977. The summed E-state index contributed by atoms with van der Waals surface area (Å²) >= 11 is 0. The number of amides is 1. The molecule has 8 heteroatoms. The number of hydrogen-bond donors (Lipinski definition) is 2. The maximum atomic E-state index is 12.5. The molecular weight excluding hydrogens is 372 g/mol. The molecule has 0 aliphatic heterocycles. The van der Waals surface area contributed by atoms with Crippen molar-refractivity contribution < 1.29 is 19.0 Å². The quantitative estimate of drug-likeness (QED) is 0.598. The predicted octanol–water partition coefficient (Wildman–Crippen LogP) is 3.89. The molecule has 1 heterocycles. The zero-order chi connectivity index (χ0) is 20.6. The maximum absolute atomic E-state index is 12.5. The smallest absolute Gasteiger partial charge is 0.275 e. The highest BCUT2D eigenvalue weighted by Crippen LogP contribution is 2.31. The fourth-order valence-corrected chi connectivity index (χ4v) is 2.59. The number of rotatable bonds is 8. The highest BCUT2D eigenvalue weighted by molar-refractivity contribution is 6.03. The van der Waals surface area contributed by atoms with Gasteiger partial charge in [-0.15, -0.1) is 0 Å². The molecule has 3 rings (SSSR count). The van der Waals surface area contributed by atoms with Crippen LogP contribution in [0.4, 0.5) is 17.2 Å². The molecule has 0 unspecified atom stereocenters. The minimum atomic E-state index is -0.377. The Kier molecular flexibility index (Phi) is 6.47. The van der Waals surface area contributed by atoms with Gasteiger partial charge in [0, 0.05) is 6.07 Å². The number of ether oxygens (including phenoxy) is 3. The molecule has 0 fully saturated rings. The van der Waals surface area contributed by atoms with Crippen LogP contribution in [0.5, 0.6) is 17.2 Å². The van der Waals surface area contributed by atoms with E-state index in [0.29, 0.717) is 41.0 Å². The fourth-order valence-electron chi connectivity index (χ4n) is 2.59. The second-order valence-corrected chi connectivity index (χ2v) is 5.86. The molecule has 0 bridgehead atoms. The zero-order valence-corrected chi connectivity index (χ0v) is 16.4. The summed E-state index contributed by atoms with van der Waals surface area (Å²) in [4.78, 5) is 20.9. The molecule has 8 nitrogen and oxygen atoms in total. The van der Waals surface area contributed by atoms with Gasteiger partial charge in [0.05, 0.1) is 44.6 Å². The lowest BCUT2D eigenvalue weighted by molar-refractivity contribution is 0.102. The van der Waals surface area contributed by atoms with Crippen molar-refractivity contribution in [3.8, 4) is 17.2 Å². The third-order valence-electron chi connectivity index (χ3n) is 3.99. The lowest BCUT2D eigenvalue weighted by Gasteiger charge is -2.12. The van der Waals surface area contributed by atoms with Crippen molar-refractivity contribution in [1.29, 1.82) is 0 Å². The van der Waals surface area contributed by atoms with Gasteiger partial charge in [-0.1, -0.05) is 12.1 Å². The number of anilines is 3. The third kappa shape index (κ3) is 4.92. The molecule has 29 heavy (non-hydrogen) atoms. The van der Waals surface area contributed by atoms with Crippen LogP contribution in [0.25, 0.3) is 0 Å². The van der Waals surface area contributed by atoms with Gasteiger partial charge < -0.3 is 24.8 Å². The van der Waals surface area contributed by atoms with Crippen LogP contribution in [0.3, 0.4) is 0 Å². The summed E-state index contributed by atoms with van der Waals surface area (Å²) in [5, 5.41) is 5.90. The van der Waals surface area contributed by atoms with E-state index in [2.05, 4.69) is 20.6 Å². The second kappa shape index (κ2) is 9.41. The number of para-hydroxylation sites is 2. The number of nitrogens with one attached hydrogen (secondary N) is 2. The number of carbonyl (C=O) groups excluding carboxylic acids is 1. The van der Waals surface area contributed by atoms with Gasteiger partial charge in [-0.2, -0.15) is 0 Å². The highest BCUT2D eigenvalue weighted by Gasteiger charge is 2.12. The molecule has 0 radical (unpaired) electrons. The van der Waals surface area contributed by atoms with Gasteiger partial charge in [-0.3, -0.25) is 4.79 Å². The highest BCUT2D eigenvalue weighted by atomic mass is 16.5. The van der Waals surface area contributed by atoms with E-state index < -0.39 is 0 Å². The summed E-state index contributed by atoms with van der Waals surface area (Å²) in [6.45, 7) is 2.38. The van der Waals surface area contributed by atoms with Crippen molar-refractivity contribution in [2.75, 3.05) is 31.5 Å². The molecule has 0 aliphatic rings. The Labute approximate surface area is 168 Å². The third-order valence-corrected chi connectivity index (χ3v) is 3.99. The first kappa shape index (κ1) is 19.9. The number of hydrogen-bond acceptors (Lipinski definition) is 7. The summed E-state index contributed by atoms with van der Waals surface area (Å²) in [6, 6.07) is 12.6. The second-order valence-electron chi connectivity index (χ2n) is 5.86. The summed E-state index contributed by atoms with van der Waals surface area (Å²) in [5.74, 6) is 1.97. The van der Waals surface area contributed by atoms with Gasteiger partial charge in [0.2, 0.25) is 0 Å². The van der Waals surface area contributed by atoms with E-state index in [-0.39, 0.29) is 11.6 Å². The molecule has 2 N–H and O–H groups in total. The van der Waals surface area contributed by atoms with Gasteiger partial charge in [0.1, 0.15) is 28.8 Å². The maximum Gasteiger partial charge on any atom is 0.275 e. The monoisotopic (exact) mass is 394 g/mol. The van der Waals surface area contributed by atoms with Gasteiger partial charge in [0.25, 0.3) is 5.91 Å². The molecule has 2 aromatic carbocycles. The molecule has 3 aromatic rings. The molecular formula is C21H22N4O4. The first-order valence-corrected chi connectivity index (χ1v) is 8.99. The first-order valence-electron chi connectivity index (χ1n) is 8.99. The van der Waals surface area contributed by atoms with Gasteiger partial charge in [0.15, 0.2) is 0 Å². The normalized spacial score (nSPS) is 10.2. The van der Waals surface area contributed by atoms with Gasteiger partial charge >= 0.3 is 0 Å². The summed E-state index contributed by atoms with van der Waals surface area (Å²) in [5.41, 5.74) is 1.46. The molecule has 0 atom stereocenters. The van der Waals surface area contributed by atoms with Crippen molar-refractivity contribution in [3.63, 3.8) is 0 Å². The SMILES string of the molecule is CCOc1ccccc1NC(=O)c1cnc(Nc2ccc(OC)cc2OC)cn1. The molecule has 1 aromatic heterocycles. The van der Waals surface area contributed by atoms with Crippen molar-refractivity contribution in [1.82, 2.24) is 9.97 Å². The number of aromatic nitrogens is 2. The van der Waals surface area contributed by atoms with E-state index in [0.717, 1.165) is 0 Å². The Balaban J connectivity index is 1.71. The van der Waals surface area contributed by atoms with E-state index in [1.165, 1.54) is 12.4 Å². The summed E-state index contributed by atoms with van der Waals surface area (Å²) in [7, 11) is 3.16. The van der Waals surface area contributed by atoms with Crippen molar-refractivity contribution >= 4 is 23.1 Å². The van der Waals surface area contributed by atoms with Crippen LogP contribution < -0.4 is 24.8 Å². The van der Waals surface area contributed by atoms with Crippen LogP contribution in [-0.4, -0.2) is 36.7 Å².